The molecule has 0 bridgehead atoms. The van der Waals surface area contributed by atoms with Gasteiger partial charge in [0, 0.05) is 12.6 Å². The van der Waals surface area contributed by atoms with Crippen LogP contribution in [-0.2, 0) is 18.8 Å². The van der Waals surface area contributed by atoms with Gasteiger partial charge in [-0.3, -0.25) is 4.57 Å². The third kappa shape index (κ3) is 6.15. The summed E-state index contributed by atoms with van der Waals surface area (Å²) in [5.74, 6) is 0.503. The molecule has 14 nitrogen and oxygen atoms in total. The van der Waals surface area contributed by atoms with Crippen LogP contribution < -0.4 is 5.32 Å². The molecule has 1 saturated heterocycles. The molecule has 1 aliphatic carbocycles. The molecule has 1 saturated carbocycles. The summed E-state index contributed by atoms with van der Waals surface area (Å²) >= 11 is 6.17. The summed E-state index contributed by atoms with van der Waals surface area (Å²) in [6.45, 7) is -0.00846. The molecule has 2 aromatic heterocycles. The van der Waals surface area contributed by atoms with Crippen molar-refractivity contribution in [1.29, 1.82) is 0 Å². The van der Waals surface area contributed by atoms with Crippen molar-refractivity contribution in [3.05, 3.63) is 11.5 Å². The van der Waals surface area contributed by atoms with Crippen LogP contribution in [0.15, 0.2) is 6.20 Å². The first-order chi connectivity index (χ1) is 18.1. The van der Waals surface area contributed by atoms with E-state index < -0.39 is 57.3 Å². The van der Waals surface area contributed by atoms with Crippen LogP contribution >= 0.6 is 19.2 Å². The predicted octanol–water partition coefficient (Wildman–Crippen LogP) is 1.15. The molecule has 0 spiro atoms. The van der Waals surface area contributed by atoms with Crippen LogP contribution in [0.3, 0.4) is 0 Å². The minimum Gasteiger partial charge on any atom is -0.393 e. The number of nitrogens with zero attached hydrogens (tertiary/aromatic N) is 4. The minimum atomic E-state index is -5.02. The van der Waals surface area contributed by atoms with Crippen molar-refractivity contribution < 1.29 is 43.9 Å². The Balaban J connectivity index is 1.51. The highest BCUT2D eigenvalue weighted by molar-refractivity contribution is 7.53. The first kappa shape index (κ1) is 29.5. The standard InChI is InChI=1S/C22H35ClN5O9P/c1-2-3-8-35-12-22(11-29,38(32,33)34)36-10-15-16(30)17(31)20(37-15)28-19-14(9-24-28)18(26-21(23)27-19)25-13-6-4-5-7-13/h9,13,15-17,20,29-31H,2-8,10-12H2,1H3,(H,25,26,27)(H2,32,33,34)/t15-,16-,17-,20-,22?/m1/s1. The van der Waals surface area contributed by atoms with Crippen molar-refractivity contribution >= 4 is 36.0 Å². The molecule has 2 fully saturated rings. The zero-order chi connectivity index (χ0) is 27.5. The predicted molar refractivity (Wildman–Crippen MR) is 136 cm³/mol. The van der Waals surface area contributed by atoms with Crippen molar-refractivity contribution in [3.63, 3.8) is 0 Å². The number of aromatic nitrogens is 4. The molecule has 0 aromatic carbocycles. The maximum Gasteiger partial charge on any atom is 0.361 e. The summed E-state index contributed by atoms with van der Waals surface area (Å²) in [5.41, 5.74) is 0.271. The lowest BCUT2D eigenvalue weighted by atomic mass is 10.1. The van der Waals surface area contributed by atoms with Gasteiger partial charge in [0.1, 0.15) is 24.1 Å². The number of halogens is 1. The Labute approximate surface area is 224 Å². The smallest absolute Gasteiger partial charge is 0.361 e. The average Bonchev–Trinajstić information content (AvgIpc) is 3.59. The van der Waals surface area contributed by atoms with E-state index in [0.29, 0.717) is 17.6 Å². The lowest BCUT2D eigenvalue weighted by molar-refractivity contribution is -0.129. The van der Waals surface area contributed by atoms with E-state index in [4.69, 9.17) is 25.8 Å². The van der Waals surface area contributed by atoms with Gasteiger partial charge in [0.15, 0.2) is 11.9 Å². The van der Waals surface area contributed by atoms with Crippen molar-refractivity contribution in [1.82, 2.24) is 19.7 Å². The summed E-state index contributed by atoms with van der Waals surface area (Å²) in [5, 5.41) is 37.1. The van der Waals surface area contributed by atoms with Crippen LogP contribution in [0.2, 0.25) is 5.28 Å². The van der Waals surface area contributed by atoms with Gasteiger partial charge in [0.05, 0.1) is 31.4 Å². The normalized spacial score (nSPS) is 26.3. The SMILES string of the molecule is CCCCOCC(CO)(OC[C@H]1O[C@@H](n2ncc3c(NC4CCCC4)nc(Cl)nc32)[C@H](O)[C@@H]1O)P(=O)(O)O. The number of rotatable bonds is 13. The number of aliphatic hydroxyl groups excluding tert-OH is 3. The summed E-state index contributed by atoms with van der Waals surface area (Å²) in [7, 11) is -5.02. The molecule has 16 heteroatoms. The van der Waals surface area contributed by atoms with Crippen LogP contribution in [0.4, 0.5) is 5.82 Å². The highest BCUT2D eigenvalue weighted by atomic mass is 35.5. The van der Waals surface area contributed by atoms with E-state index in [1.165, 1.54) is 10.9 Å². The Bertz CT molecular complexity index is 1130. The van der Waals surface area contributed by atoms with Gasteiger partial charge in [-0.15, -0.1) is 0 Å². The second-order valence-electron chi connectivity index (χ2n) is 9.71. The Morgan fingerprint density at radius 2 is 2.00 bits per heavy atom. The summed E-state index contributed by atoms with van der Waals surface area (Å²) in [4.78, 5) is 28.3. The summed E-state index contributed by atoms with van der Waals surface area (Å²) in [6.07, 6.45) is 1.81. The molecule has 2 aromatic rings. The molecule has 0 radical (unpaired) electrons. The van der Waals surface area contributed by atoms with E-state index in [1.54, 1.807) is 0 Å². The van der Waals surface area contributed by atoms with Crippen molar-refractivity contribution in [2.45, 2.75) is 81.4 Å². The number of hydrogen-bond donors (Lipinski definition) is 6. The summed E-state index contributed by atoms with van der Waals surface area (Å²) in [6, 6.07) is 0.246. The Morgan fingerprint density at radius 1 is 1.26 bits per heavy atom. The van der Waals surface area contributed by atoms with Gasteiger partial charge in [-0.05, 0) is 30.9 Å². The maximum atomic E-state index is 12.2. The highest BCUT2D eigenvalue weighted by Gasteiger charge is 2.51. The summed E-state index contributed by atoms with van der Waals surface area (Å²) < 4.78 is 30.1. The molecule has 2 aliphatic rings. The van der Waals surface area contributed by atoms with Gasteiger partial charge in [-0.1, -0.05) is 26.2 Å². The number of nitrogens with one attached hydrogen (secondary N) is 1. The van der Waals surface area contributed by atoms with Gasteiger partial charge in [-0.25, -0.2) is 4.68 Å². The Hall–Kier alpha value is -1.45. The van der Waals surface area contributed by atoms with Crippen molar-refractivity contribution in [2.24, 2.45) is 0 Å². The van der Waals surface area contributed by atoms with E-state index in [2.05, 4.69) is 20.4 Å². The molecule has 3 heterocycles. The minimum absolute atomic E-state index is 0.0369. The van der Waals surface area contributed by atoms with Gasteiger partial charge >= 0.3 is 7.60 Å². The molecule has 214 valence electrons. The quantitative estimate of drug-likeness (QED) is 0.112. The Morgan fingerprint density at radius 3 is 2.66 bits per heavy atom. The lowest BCUT2D eigenvalue weighted by Gasteiger charge is -2.33. The zero-order valence-electron chi connectivity index (χ0n) is 21.0. The van der Waals surface area contributed by atoms with Gasteiger partial charge in [0.25, 0.3) is 0 Å². The molecular weight excluding hydrogens is 545 g/mol. The Kier molecular flexibility index (Phi) is 9.62. The number of aliphatic hydroxyl groups is 3. The van der Waals surface area contributed by atoms with Crippen LogP contribution in [-0.4, -0.2) is 101 Å². The highest BCUT2D eigenvalue weighted by Crippen LogP contribution is 2.51. The first-order valence-electron chi connectivity index (χ1n) is 12.7. The van der Waals surface area contributed by atoms with Gasteiger partial charge in [0.2, 0.25) is 10.6 Å². The fourth-order valence-corrected chi connectivity index (χ4v) is 5.49. The van der Waals surface area contributed by atoms with E-state index in [0.717, 1.165) is 32.1 Å². The van der Waals surface area contributed by atoms with E-state index in [-0.39, 0.29) is 23.6 Å². The van der Waals surface area contributed by atoms with Crippen LogP contribution in [0.1, 0.15) is 51.7 Å². The lowest BCUT2D eigenvalue weighted by Crippen LogP contribution is -2.45. The fourth-order valence-electron chi connectivity index (χ4n) is 4.64. The topological polar surface area (TPSA) is 202 Å². The first-order valence-corrected chi connectivity index (χ1v) is 14.7. The van der Waals surface area contributed by atoms with Crippen molar-refractivity contribution in [2.75, 3.05) is 31.7 Å². The van der Waals surface area contributed by atoms with E-state index >= 15 is 0 Å². The number of fused-ring (bicyclic) bond motifs is 1. The largest absolute Gasteiger partial charge is 0.393 e. The van der Waals surface area contributed by atoms with Crippen LogP contribution in [0.5, 0.6) is 0 Å². The third-order valence-corrected chi connectivity index (χ3v) is 8.60. The fraction of sp³-hybridized carbons (Fsp3) is 0.773. The molecule has 4 rings (SSSR count). The second-order valence-corrected chi connectivity index (χ2v) is 11.9. The molecule has 1 unspecified atom stereocenters. The number of hydrogen-bond acceptors (Lipinski definition) is 11. The number of anilines is 1. The molecule has 1 aliphatic heterocycles. The number of ether oxygens (including phenoxy) is 3. The molecular formula is C22H35ClN5O9P. The van der Waals surface area contributed by atoms with Crippen LogP contribution in [0, 0.1) is 0 Å². The molecule has 38 heavy (non-hydrogen) atoms. The van der Waals surface area contributed by atoms with Gasteiger partial charge < -0.3 is 44.6 Å². The van der Waals surface area contributed by atoms with Crippen molar-refractivity contribution in [3.8, 4) is 0 Å². The molecule has 0 amide bonds. The average molecular weight is 580 g/mol. The molecule has 5 atom stereocenters. The third-order valence-electron chi connectivity index (χ3n) is 6.96. The monoisotopic (exact) mass is 579 g/mol. The van der Waals surface area contributed by atoms with Crippen LogP contribution in [0.25, 0.3) is 11.0 Å². The van der Waals surface area contributed by atoms with E-state index in [1.807, 2.05) is 6.92 Å². The van der Waals surface area contributed by atoms with Gasteiger partial charge in [-0.2, -0.15) is 15.1 Å². The second kappa shape index (κ2) is 12.4. The zero-order valence-corrected chi connectivity index (χ0v) is 22.7. The maximum absolute atomic E-state index is 12.2. The van der Waals surface area contributed by atoms with E-state index in [9.17, 15) is 29.7 Å². The number of unbranched alkanes of at least 4 members (excludes halogenated alkanes) is 1. The molecule has 6 N–H and O–H groups in total.